The second-order valence-electron chi connectivity index (χ2n) is 5.27. The molecule has 1 aliphatic carbocycles. The smallest absolute Gasteiger partial charge is 0.292 e. The van der Waals surface area contributed by atoms with Gasteiger partial charge in [-0.3, -0.25) is 4.79 Å². The molecule has 1 aromatic carbocycles. The minimum absolute atomic E-state index is 0.183. The van der Waals surface area contributed by atoms with Crippen LogP contribution in [0.4, 0.5) is 0 Å². The molecule has 4 rings (SSSR count). The Balaban J connectivity index is 1.81. The van der Waals surface area contributed by atoms with Crippen LogP contribution in [0.25, 0.3) is 10.3 Å². The summed E-state index contributed by atoms with van der Waals surface area (Å²) in [6.45, 7) is 0.719. The third kappa shape index (κ3) is 2.50. The third-order valence-corrected chi connectivity index (χ3v) is 5.50. The fourth-order valence-electron chi connectivity index (χ4n) is 2.63. The van der Waals surface area contributed by atoms with Gasteiger partial charge in [-0.25, -0.2) is 4.98 Å². The standard InChI is InChI=1S/C15H12IN3OS/c16-15-18-13-12(21-15)14(20)17-8-19(13)7-10-3-1-2-4-11(10)9-5-6-9/h1-4,8-9H,5-7H2. The molecular weight excluding hydrogens is 397 g/mol. The topological polar surface area (TPSA) is 47.8 Å². The van der Waals surface area contributed by atoms with Gasteiger partial charge in [0.05, 0.1) is 6.54 Å². The second-order valence-corrected chi connectivity index (χ2v) is 8.02. The zero-order valence-electron chi connectivity index (χ0n) is 11.1. The SMILES string of the molecule is O=c1ncn(Cc2ccccc2C2CC2)c2nc(I)sc12. The summed E-state index contributed by atoms with van der Waals surface area (Å²) in [7, 11) is 0. The Morgan fingerprint density at radius 3 is 2.95 bits per heavy atom. The Labute approximate surface area is 139 Å². The molecule has 21 heavy (non-hydrogen) atoms. The van der Waals surface area contributed by atoms with Gasteiger partial charge in [0.1, 0.15) is 11.0 Å². The summed E-state index contributed by atoms with van der Waals surface area (Å²) >= 11 is 3.56. The van der Waals surface area contributed by atoms with Gasteiger partial charge < -0.3 is 4.57 Å². The minimum atomic E-state index is -0.183. The number of thiazole rings is 1. The molecule has 0 spiro atoms. The Hall–Kier alpha value is -1.28. The number of rotatable bonds is 3. The van der Waals surface area contributed by atoms with E-state index < -0.39 is 0 Å². The fourth-order valence-corrected chi connectivity index (χ4v) is 4.21. The quantitative estimate of drug-likeness (QED) is 0.624. The lowest BCUT2D eigenvalue weighted by Crippen LogP contribution is -2.12. The van der Waals surface area contributed by atoms with E-state index in [1.54, 1.807) is 6.33 Å². The van der Waals surface area contributed by atoms with Gasteiger partial charge in [-0.05, 0) is 52.5 Å². The van der Waals surface area contributed by atoms with Crippen LogP contribution >= 0.6 is 33.9 Å². The normalized spacial score (nSPS) is 14.7. The van der Waals surface area contributed by atoms with E-state index in [2.05, 4.69) is 56.8 Å². The highest BCUT2D eigenvalue weighted by Gasteiger charge is 2.25. The van der Waals surface area contributed by atoms with Gasteiger partial charge in [-0.2, -0.15) is 4.98 Å². The van der Waals surface area contributed by atoms with Crippen molar-refractivity contribution in [3.63, 3.8) is 0 Å². The molecule has 4 nitrogen and oxygen atoms in total. The lowest BCUT2D eigenvalue weighted by atomic mass is 10.0. The van der Waals surface area contributed by atoms with Crippen LogP contribution in [0.15, 0.2) is 35.4 Å². The molecule has 1 fully saturated rings. The first kappa shape index (κ1) is 13.4. The number of hydrogen-bond acceptors (Lipinski definition) is 4. The molecule has 0 N–H and O–H groups in total. The molecule has 2 heterocycles. The van der Waals surface area contributed by atoms with Crippen LogP contribution in [-0.2, 0) is 6.54 Å². The van der Waals surface area contributed by atoms with Crippen molar-refractivity contribution < 1.29 is 0 Å². The maximum atomic E-state index is 11.8. The fraction of sp³-hybridized carbons (Fsp3) is 0.267. The minimum Gasteiger partial charge on any atom is -0.311 e. The Morgan fingerprint density at radius 1 is 1.33 bits per heavy atom. The Morgan fingerprint density at radius 2 is 2.14 bits per heavy atom. The average Bonchev–Trinajstić information content (AvgIpc) is 3.24. The molecule has 0 unspecified atom stereocenters. The maximum absolute atomic E-state index is 11.8. The van der Waals surface area contributed by atoms with Crippen molar-refractivity contribution in [3.05, 3.63) is 55.1 Å². The number of benzene rings is 1. The van der Waals surface area contributed by atoms with Crippen molar-refractivity contribution in [1.29, 1.82) is 0 Å². The van der Waals surface area contributed by atoms with Gasteiger partial charge in [0.2, 0.25) is 0 Å². The van der Waals surface area contributed by atoms with Crippen LogP contribution in [-0.4, -0.2) is 14.5 Å². The molecule has 0 aliphatic heterocycles. The van der Waals surface area contributed by atoms with Crippen LogP contribution in [0.1, 0.15) is 29.9 Å². The summed E-state index contributed by atoms with van der Waals surface area (Å²) in [5.41, 5.74) is 3.29. The monoisotopic (exact) mass is 409 g/mol. The highest BCUT2D eigenvalue weighted by atomic mass is 127. The lowest BCUT2D eigenvalue weighted by Gasteiger charge is -2.11. The zero-order chi connectivity index (χ0) is 14.4. The molecule has 0 radical (unpaired) electrons. The molecule has 3 aromatic rings. The Kier molecular flexibility index (Phi) is 3.30. The molecule has 0 amide bonds. The molecule has 106 valence electrons. The van der Waals surface area contributed by atoms with E-state index >= 15 is 0 Å². The van der Waals surface area contributed by atoms with E-state index in [1.807, 2.05) is 4.57 Å². The van der Waals surface area contributed by atoms with Crippen molar-refractivity contribution in [3.8, 4) is 0 Å². The second kappa shape index (κ2) is 5.17. The van der Waals surface area contributed by atoms with Crippen LogP contribution in [0.5, 0.6) is 0 Å². The van der Waals surface area contributed by atoms with Crippen molar-refractivity contribution in [2.24, 2.45) is 0 Å². The molecule has 0 bridgehead atoms. The summed E-state index contributed by atoms with van der Waals surface area (Å²) in [6.07, 6.45) is 4.18. The first-order valence-electron chi connectivity index (χ1n) is 6.81. The van der Waals surface area contributed by atoms with E-state index in [-0.39, 0.29) is 5.56 Å². The molecule has 0 atom stereocenters. The molecule has 1 saturated carbocycles. The van der Waals surface area contributed by atoms with Gasteiger partial charge in [0.25, 0.3) is 5.56 Å². The largest absolute Gasteiger partial charge is 0.311 e. The van der Waals surface area contributed by atoms with E-state index in [9.17, 15) is 4.79 Å². The molecular formula is C15H12IN3OS. The predicted octanol–water partition coefficient (Wildman–Crippen LogP) is 3.38. The molecule has 0 saturated heterocycles. The Bertz CT molecular complexity index is 882. The summed E-state index contributed by atoms with van der Waals surface area (Å²) in [5, 5.41) is 0. The van der Waals surface area contributed by atoms with Gasteiger partial charge >= 0.3 is 0 Å². The molecule has 6 heteroatoms. The van der Waals surface area contributed by atoms with Crippen LogP contribution in [0.3, 0.4) is 0 Å². The van der Waals surface area contributed by atoms with E-state index in [4.69, 9.17) is 0 Å². The number of nitrogens with zero attached hydrogens (tertiary/aromatic N) is 3. The van der Waals surface area contributed by atoms with E-state index in [0.29, 0.717) is 10.6 Å². The van der Waals surface area contributed by atoms with Gasteiger partial charge in [-0.1, -0.05) is 24.3 Å². The average molecular weight is 409 g/mol. The lowest BCUT2D eigenvalue weighted by molar-refractivity contribution is 0.778. The summed E-state index contributed by atoms with van der Waals surface area (Å²) in [6, 6.07) is 8.54. The van der Waals surface area contributed by atoms with Crippen molar-refractivity contribution in [1.82, 2.24) is 14.5 Å². The first-order valence-corrected chi connectivity index (χ1v) is 8.71. The van der Waals surface area contributed by atoms with Crippen molar-refractivity contribution >= 4 is 44.3 Å². The van der Waals surface area contributed by atoms with Gasteiger partial charge in [0.15, 0.2) is 8.66 Å². The summed E-state index contributed by atoms with van der Waals surface area (Å²) < 4.78 is 3.50. The number of aromatic nitrogens is 3. The van der Waals surface area contributed by atoms with E-state index in [1.165, 1.54) is 35.3 Å². The highest BCUT2D eigenvalue weighted by molar-refractivity contribution is 14.1. The maximum Gasteiger partial charge on any atom is 0.292 e. The summed E-state index contributed by atoms with van der Waals surface area (Å²) in [4.78, 5) is 20.3. The van der Waals surface area contributed by atoms with Crippen molar-refractivity contribution in [2.45, 2.75) is 25.3 Å². The van der Waals surface area contributed by atoms with Crippen molar-refractivity contribution in [2.75, 3.05) is 0 Å². The number of hydrogen-bond donors (Lipinski definition) is 0. The van der Waals surface area contributed by atoms with Gasteiger partial charge in [0, 0.05) is 0 Å². The number of fused-ring (bicyclic) bond motifs is 1. The van der Waals surface area contributed by atoms with Crippen LogP contribution < -0.4 is 5.56 Å². The van der Waals surface area contributed by atoms with Gasteiger partial charge in [-0.15, -0.1) is 11.3 Å². The van der Waals surface area contributed by atoms with E-state index in [0.717, 1.165) is 15.2 Å². The first-order chi connectivity index (χ1) is 10.2. The predicted molar refractivity (Wildman–Crippen MR) is 91.9 cm³/mol. The highest BCUT2D eigenvalue weighted by Crippen LogP contribution is 2.41. The third-order valence-electron chi connectivity index (χ3n) is 3.78. The molecule has 1 aliphatic rings. The van der Waals surface area contributed by atoms with Crippen LogP contribution in [0.2, 0.25) is 0 Å². The summed E-state index contributed by atoms with van der Waals surface area (Å²) in [5.74, 6) is 0.708. The zero-order valence-corrected chi connectivity index (χ0v) is 14.1. The molecule has 2 aromatic heterocycles. The van der Waals surface area contributed by atoms with Crippen LogP contribution in [0, 0.1) is 3.01 Å². The number of halogens is 1.